The number of benzene rings is 6. The standard InChI is InChI=1S/C102H150N6O15/c1-15-25-32-36-38-42-49-74(47-40-34-27-17-3)69-122-91-63-92(123-70-75(48-41-35-28-18-4)50-43-39-37-33-26-16-2)84-60-83(91)101(113)107-87-61-85(93(115-11)64-95(87)117-13)105-99(111)81-58-78(51-53-89(81)120-67-72(23-9)45-30-20-6)103-97(109)76-55-77(57-80(56-76)119-66-71(22-8)44-29-19-5)98(110)104-79-52-54-90(121-68-73(24-10)46-31-21-7)82(59-79)100(112)106-86-62-88(108-102(84)114)96(118-14)65-94(86)116-12/h51-65,71-75H,15-50,66-70H2,1-14H3,(H,103,109)(H,104,110)(H,105,111)(H,106,112)(H,107,113)(H,108,114). The van der Waals surface area contributed by atoms with Crippen molar-refractivity contribution < 1.29 is 42.6 Å². The number of aromatic amines is 6. The first-order valence-corrected chi connectivity index (χ1v) is 47.0. The van der Waals surface area contributed by atoms with E-state index in [1.165, 1.54) is 78.4 Å². The number of nitrogens with one attached hydrogen (secondary N) is 6. The fourth-order valence-corrected chi connectivity index (χ4v) is 15.8. The number of fused-ring (bicyclic) bond motifs is 12. The first-order valence-electron chi connectivity index (χ1n) is 47.0. The van der Waals surface area contributed by atoms with Crippen LogP contribution in [-0.2, 0) is 0 Å². The molecule has 21 heteroatoms. The Morgan fingerprint density at radius 1 is 0.236 bits per heavy atom. The average Bonchev–Trinajstić information content (AvgIpc) is 0.791. The molecule has 123 heavy (non-hydrogen) atoms. The lowest BCUT2D eigenvalue weighted by Crippen LogP contribution is -2.16. The van der Waals surface area contributed by atoms with E-state index in [-0.39, 0.29) is 160 Å². The van der Waals surface area contributed by atoms with E-state index >= 15 is 28.8 Å². The Kier molecular flexibility index (Phi) is 45.9. The fourth-order valence-electron chi connectivity index (χ4n) is 15.8. The molecule has 5 atom stereocenters. The van der Waals surface area contributed by atoms with Gasteiger partial charge in [-0.25, -0.2) is 0 Å². The largest absolute Gasteiger partial charge is 0.494 e. The summed E-state index contributed by atoms with van der Waals surface area (Å²) in [4.78, 5) is 112. The maximum absolute atomic E-state index is 16.1. The van der Waals surface area contributed by atoms with Gasteiger partial charge in [-0.05, 0) is 147 Å². The fraction of sp³-hybridized carbons (Fsp3) is 0.588. The molecule has 0 saturated carbocycles. The van der Waals surface area contributed by atoms with Crippen molar-refractivity contribution in [3.63, 3.8) is 0 Å². The summed E-state index contributed by atoms with van der Waals surface area (Å²) in [5.74, 6) is 2.68. The lowest BCUT2D eigenvalue weighted by molar-refractivity contribution is 0.217. The monoisotopic (exact) mass is 1700 g/mol. The van der Waals surface area contributed by atoms with Gasteiger partial charge >= 0.3 is 0 Å². The summed E-state index contributed by atoms with van der Waals surface area (Å²) >= 11 is 0. The van der Waals surface area contributed by atoms with Gasteiger partial charge in [0, 0.05) is 40.0 Å². The van der Waals surface area contributed by atoms with Crippen molar-refractivity contribution in [3.8, 4) is 51.7 Å². The van der Waals surface area contributed by atoms with Crippen molar-refractivity contribution in [2.45, 2.75) is 300 Å². The second-order valence-electron chi connectivity index (χ2n) is 33.6. The highest BCUT2D eigenvalue weighted by molar-refractivity contribution is 5.82. The summed E-state index contributed by atoms with van der Waals surface area (Å²) in [6.07, 6.45) is 37.3. The summed E-state index contributed by atoms with van der Waals surface area (Å²) in [5, 5.41) is 0.269. The van der Waals surface area contributed by atoms with Crippen LogP contribution in [0.4, 0.5) is 0 Å². The van der Waals surface area contributed by atoms with Gasteiger partial charge < -0.3 is 72.5 Å². The van der Waals surface area contributed by atoms with E-state index in [1.54, 1.807) is 66.7 Å². The number of hydrogen-bond acceptors (Lipinski definition) is 15. The van der Waals surface area contributed by atoms with Gasteiger partial charge in [0.2, 0.25) is 0 Å². The zero-order chi connectivity index (χ0) is 88.7. The predicted molar refractivity (Wildman–Crippen MR) is 509 cm³/mol. The molecule has 7 aromatic rings. The predicted octanol–water partition coefficient (Wildman–Crippen LogP) is 25.0. The van der Waals surface area contributed by atoms with Crippen molar-refractivity contribution in [2.75, 3.05) is 61.5 Å². The molecule has 6 aromatic carbocycles. The Morgan fingerprint density at radius 3 is 0.821 bits per heavy atom. The molecular formula is C102H150N6O15. The van der Waals surface area contributed by atoms with Crippen molar-refractivity contribution in [1.29, 1.82) is 0 Å². The lowest BCUT2D eigenvalue weighted by atomic mass is 9.95. The van der Waals surface area contributed by atoms with Crippen molar-refractivity contribution in [1.82, 2.24) is 29.9 Å². The van der Waals surface area contributed by atoms with Crippen molar-refractivity contribution in [2.24, 2.45) is 29.6 Å². The zero-order valence-corrected chi connectivity index (χ0v) is 77.2. The van der Waals surface area contributed by atoms with Crippen LogP contribution in [-0.4, -0.2) is 91.4 Å². The molecule has 0 aliphatic heterocycles. The van der Waals surface area contributed by atoms with Crippen LogP contribution < -0.4 is 76.0 Å². The van der Waals surface area contributed by atoms with Crippen LogP contribution >= 0.6 is 0 Å². The molecule has 21 nitrogen and oxygen atoms in total. The van der Waals surface area contributed by atoms with Crippen LogP contribution in [0.2, 0.25) is 0 Å². The first-order chi connectivity index (χ1) is 59.8. The normalized spacial score (nSPS) is 12.5. The SMILES string of the molecule is CCCCCCCCC(CCCCCC)COc1cc(OCC(CCCCCC)CCCCCCCC)c2cc1c(=O)[nH]c1cc([nH]c(=O)c3cc(ccc3OCC(CC)CCCC)[nH]c(=O)c3cc(OCC(CC)CCCC)cc(c3)c(=O)[nH]c3ccc(OCC(CC)CCCC)c(c3)c(=O)[nH]c3cc([nH]c2=O)c(OC)cc3OC)c(OC)cc1OC. The molecule has 5 unspecified atom stereocenters. The molecule has 0 aliphatic carbocycles. The molecule has 1 aromatic heterocycles. The average molecular weight is 1700 g/mol. The summed E-state index contributed by atoms with van der Waals surface area (Å²) < 4.78 is 58.0. The van der Waals surface area contributed by atoms with Crippen molar-refractivity contribution in [3.05, 3.63) is 153 Å². The van der Waals surface area contributed by atoms with Gasteiger partial charge in [0.15, 0.2) is 0 Å². The van der Waals surface area contributed by atoms with Gasteiger partial charge in [-0.15, -0.1) is 0 Å². The number of aromatic nitrogens is 6. The number of hydrogen-bond donors (Lipinski definition) is 6. The highest BCUT2D eigenvalue weighted by atomic mass is 16.5. The van der Waals surface area contributed by atoms with E-state index in [1.807, 2.05) is 0 Å². The molecule has 678 valence electrons. The molecule has 1 heterocycles. The van der Waals surface area contributed by atoms with Crippen LogP contribution in [0.3, 0.4) is 0 Å². The third kappa shape index (κ3) is 33.1. The molecule has 6 N–H and O–H groups in total. The third-order valence-electron chi connectivity index (χ3n) is 23.9. The van der Waals surface area contributed by atoms with Crippen LogP contribution in [0.15, 0.2) is 120 Å². The minimum Gasteiger partial charge on any atom is -0.494 e. The summed E-state index contributed by atoms with van der Waals surface area (Å²) in [7, 11) is 5.84. The number of ether oxygens (including phenoxy) is 9. The highest BCUT2D eigenvalue weighted by Gasteiger charge is 2.21. The van der Waals surface area contributed by atoms with Gasteiger partial charge in [-0.3, -0.25) is 28.8 Å². The Hall–Kier alpha value is -9.66. The van der Waals surface area contributed by atoms with E-state index < -0.39 is 33.4 Å². The maximum atomic E-state index is 16.1. The third-order valence-corrected chi connectivity index (χ3v) is 23.9. The Balaban J connectivity index is 1.72. The quantitative estimate of drug-likeness (QED) is 0.0193. The molecule has 7 rings (SSSR count). The van der Waals surface area contributed by atoms with Crippen LogP contribution in [0, 0.1) is 29.6 Å². The first kappa shape index (κ1) is 100. The van der Waals surface area contributed by atoms with E-state index in [0.717, 1.165) is 205 Å². The van der Waals surface area contributed by atoms with Crippen LogP contribution in [0.1, 0.15) is 300 Å². The Labute approximate surface area is 730 Å². The zero-order valence-electron chi connectivity index (χ0n) is 77.2. The lowest BCUT2D eigenvalue weighted by Gasteiger charge is -2.20. The molecule has 12 bridgehead atoms. The van der Waals surface area contributed by atoms with Gasteiger partial charge in [0.25, 0.3) is 33.4 Å². The van der Waals surface area contributed by atoms with Crippen LogP contribution in [0.25, 0.3) is 65.4 Å². The van der Waals surface area contributed by atoms with E-state index in [4.69, 9.17) is 42.6 Å². The molecule has 0 aliphatic rings. The Morgan fingerprint density at radius 2 is 0.504 bits per heavy atom. The number of H-pyrrole nitrogens is 6. The van der Waals surface area contributed by atoms with E-state index in [9.17, 15) is 0 Å². The van der Waals surface area contributed by atoms with Gasteiger partial charge in [0.1, 0.15) is 51.7 Å². The summed E-state index contributed by atoms with van der Waals surface area (Å²) in [6, 6.07) is 23.7. The molecule has 0 fully saturated rings. The van der Waals surface area contributed by atoms with Gasteiger partial charge in [-0.1, -0.05) is 255 Å². The minimum absolute atomic E-state index is 0.00202. The van der Waals surface area contributed by atoms with Gasteiger partial charge in [0.05, 0.1) is 105 Å². The minimum atomic E-state index is -0.683. The second kappa shape index (κ2) is 56.3. The van der Waals surface area contributed by atoms with Gasteiger partial charge in [-0.2, -0.15) is 0 Å². The highest BCUT2D eigenvalue weighted by Crippen LogP contribution is 2.35. The van der Waals surface area contributed by atoms with E-state index in [2.05, 4.69) is 99.1 Å². The number of methoxy groups -OCH3 is 4. The Bertz CT molecular complexity index is 4820. The maximum Gasteiger partial charge on any atom is 0.259 e. The topological polar surface area (TPSA) is 280 Å². The summed E-state index contributed by atoms with van der Waals surface area (Å²) in [6.45, 7) is 23.2. The second-order valence-corrected chi connectivity index (χ2v) is 33.6. The molecule has 0 saturated heterocycles. The molecule has 0 spiro atoms. The van der Waals surface area contributed by atoms with Crippen LogP contribution in [0.5, 0.6) is 51.7 Å². The van der Waals surface area contributed by atoms with Crippen molar-refractivity contribution >= 4 is 65.4 Å². The molecule has 0 radical (unpaired) electrons. The number of rotatable bonds is 55. The molecule has 0 amide bonds. The molecular weight excluding hydrogens is 1550 g/mol. The smallest absolute Gasteiger partial charge is 0.259 e. The summed E-state index contributed by atoms with van der Waals surface area (Å²) in [5.41, 5.74) is -2.93. The van der Waals surface area contributed by atoms with E-state index in [0.29, 0.717) is 19.8 Å². The number of unbranched alkanes of at least 4 members (excludes halogenated alkanes) is 19.